The van der Waals surface area contributed by atoms with Crippen molar-refractivity contribution in [2.24, 2.45) is 0 Å². The van der Waals surface area contributed by atoms with Gasteiger partial charge >= 0.3 is 0 Å². The van der Waals surface area contributed by atoms with E-state index in [9.17, 15) is 14.0 Å². The van der Waals surface area contributed by atoms with E-state index < -0.39 is 5.82 Å². The van der Waals surface area contributed by atoms with Crippen LogP contribution in [0.3, 0.4) is 0 Å². The molecule has 0 bridgehead atoms. The van der Waals surface area contributed by atoms with Crippen molar-refractivity contribution < 1.29 is 18.4 Å². The van der Waals surface area contributed by atoms with Gasteiger partial charge in [-0.3, -0.25) is 9.59 Å². The number of anilines is 2. The second kappa shape index (κ2) is 11.3. The van der Waals surface area contributed by atoms with Gasteiger partial charge in [-0.15, -0.1) is 10.2 Å². The average Bonchev–Trinajstić information content (AvgIpc) is 3.42. The number of rotatable bonds is 7. The normalized spacial score (nSPS) is 13.4. The van der Waals surface area contributed by atoms with Crippen molar-refractivity contribution >= 4 is 35.0 Å². The summed E-state index contributed by atoms with van der Waals surface area (Å²) >= 11 is 1.08. The Morgan fingerprint density at radius 2 is 1.59 bits per heavy atom. The van der Waals surface area contributed by atoms with Gasteiger partial charge in [0.25, 0.3) is 17.0 Å². The summed E-state index contributed by atoms with van der Waals surface area (Å²) < 4.78 is 19.4. The molecule has 1 saturated heterocycles. The van der Waals surface area contributed by atoms with Crippen LogP contribution < -0.4 is 10.2 Å². The van der Waals surface area contributed by atoms with Gasteiger partial charge < -0.3 is 19.5 Å². The molecule has 0 spiro atoms. The van der Waals surface area contributed by atoms with E-state index in [1.54, 1.807) is 18.2 Å². The molecule has 10 heteroatoms. The van der Waals surface area contributed by atoms with Crippen molar-refractivity contribution in [1.82, 2.24) is 15.1 Å². The molecule has 1 aliphatic rings. The predicted molar refractivity (Wildman–Crippen MR) is 140 cm³/mol. The number of aromatic nitrogens is 2. The van der Waals surface area contributed by atoms with Gasteiger partial charge in [0.1, 0.15) is 5.82 Å². The number of halogens is 1. The Bertz CT molecular complexity index is 1370. The standard InChI is InChI=1S/C27H24FN5O3S/c28-23-9-5-4-8-22(23)25-30-31-27(36-25)37-18-24(34)29-20-10-12-21(13-11-20)32-14-16-33(17-15-32)26(35)19-6-2-1-3-7-19/h1-13H,14-18H2,(H,29,34). The van der Waals surface area contributed by atoms with E-state index in [2.05, 4.69) is 20.4 Å². The quantitative estimate of drug-likeness (QED) is 0.359. The lowest BCUT2D eigenvalue weighted by Crippen LogP contribution is -2.48. The first-order valence-corrected chi connectivity index (χ1v) is 12.8. The second-order valence-corrected chi connectivity index (χ2v) is 9.31. The molecule has 2 amide bonds. The minimum atomic E-state index is -0.452. The van der Waals surface area contributed by atoms with Crippen LogP contribution in [-0.2, 0) is 4.79 Å². The van der Waals surface area contributed by atoms with E-state index in [-0.39, 0.29) is 34.2 Å². The van der Waals surface area contributed by atoms with Crippen molar-refractivity contribution in [3.05, 3.63) is 90.2 Å². The summed E-state index contributed by atoms with van der Waals surface area (Å²) in [5.74, 6) is -0.484. The Labute approximate surface area is 217 Å². The number of thioether (sulfide) groups is 1. The van der Waals surface area contributed by atoms with E-state index >= 15 is 0 Å². The Morgan fingerprint density at radius 1 is 0.892 bits per heavy atom. The molecule has 0 unspecified atom stereocenters. The lowest BCUT2D eigenvalue weighted by atomic mass is 10.1. The molecule has 5 rings (SSSR count). The summed E-state index contributed by atoms with van der Waals surface area (Å²) in [7, 11) is 0. The lowest BCUT2D eigenvalue weighted by Gasteiger charge is -2.36. The first-order valence-electron chi connectivity index (χ1n) is 11.8. The Balaban J connectivity index is 1.09. The lowest BCUT2D eigenvalue weighted by molar-refractivity contribution is -0.113. The molecule has 2 heterocycles. The van der Waals surface area contributed by atoms with E-state index in [1.165, 1.54) is 6.07 Å². The van der Waals surface area contributed by atoms with Crippen molar-refractivity contribution in [1.29, 1.82) is 0 Å². The number of amides is 2. The number of piperazine rings is 1. The molecular formula is C27H24FN5O3S. The molecular weight excluding hydrogens is 493 g/mol. The van der Waals surface area contributed by atoms with E-state index in [4.69, 9.17) is 4.42 Å². The highest BCUT2D eigenvalue weighted by molar-refractivity contribution is 7.99. The van der Waals surface area contributed by atoms with Crippen molar-refractivity contribution in [2.75, 3.05) is 42.1 Å². The van der Waals surface area contributed by atoms with Crippen LogP contribution in [-0.4, -0.2) is 58.8 Å². The highest BCUT2D eigenvalue weighted by Crippen LogP contribution is 2.25. The molecule has 0 radical (unpaired) electrons. The molecule has 4 aromatic rings. The van der Waals surface area contributed by atoms with Gasteiger partial charge in [0, 0.05) is 43.1 Å². The molecule has 0 atom stereocenters. The monoisotopic (exact) mass is 517 g/mol. The number of hydrogen-bond acceptors (Lipinski definition) is 7. The van der Waals surface area contributed by atoms with Gasteiger partial charge in [-0.05, 0) is 48.5 Å². The molecule has 37 heavy (non-hydrogen) atoms. The van der Waals surface area contributed by atoms with Crippen LogP contribution in [0.4, 0.5) is 15.8 Å². The fourth-order valence-electron chi connectivity index (χ4n) is 4.02. The molecule has 8 nitrogen and oxygen atoms in total. The highest BCUT2D eigenvalue weighted by atomic mass is 32.2. The van der Waals surface area contributed by atoms with Crippen LogP contribution in [0.1, 0.15) is 10.4 Å². The Morgan fingerprint density at radius 3 is 2.32 bits per heavy atom. The molecule has 0 saturated carbocycles. The third kappa shape index (κ3) is 5.97. The average molecular weight is 518 g/mol. The minimum Gasteiger partial charge on any atom is -0.411 e. The van der Waals surface area contributed by atoms with E-state index in [1.807, 2.05) is 59.5 Å². The third-order valence-corrected chi connectivity index (χ3v) is 6.76. The summed E-state index contributed by atoms with van der Waals surface area (Å²) in [4.78, 5) is 29.1. The zero-order chi connectivity index (χ0) is 25.6. The van der Waals surface area contributed by atoms with Crippen molar-refractivity contribution in [3.63, 3.8) is 0 Å². The van der Waals surface area contributed by atoms with Gasteiger partial charge in [0.05, 0.1) is 11.3 Å². The molecule has 1 fully saturated rings. The maximum atomic E-state index is 13.9. The first-order chi connectivity index (χ1) is 18.1. The topological polar surface area (TPSA) is 91.6 Å². The van der Waals surface area contributed by atoms with Crippen LogP contribution in [0.2, 0.25) is 0 Å². The number of carbonyl (C=O) groups is 2. The van der Waals surface area contributed by atoms with Crippen LogP contribution in [0, 0.1) is 5.82 Å². The predicted octanol–water partition coefficient (Wildman–Crippen LogP) is 4.57. The van der Waals surface area contributed by atoms with Gasteiger partial charge in [-0.1, -0.05) is 42.1 Å². The zero-order valence-corrected chi connectivity index (χ0v) is 20.7. The molecule has 1 aliphatic heterocycles. The summed E-state index contributed by atoms with van der Waals surface area (Å²) in [5.41, 5.74) is 2.63. The number of hydrogen-bond donors (Lipinski definition) is 1. The SMILES string of the molecule is O=C(CSc1nnc(-c2ccccc2F)o1)Nc1ccc(N2CCN(C(=O)c3ccccc3)CC2)cc1. The fraction of sp³-hybridized carbons (Fsp3) is 0.185. The summed E-state index contributed by atoms with van der Waals surface area (Å²) in [5, 5.41) is 10.8. The van der Waals surface area contributed by atoms with Gasteiger partial charge in [-0.25, -0.2) is 4.39 Å². The van der Waals surface area contributed by atoms with Crippen LogP contribution >= 0.6 is 11.8 Å². The van der Waals surface area contributed by atoms with Crippen LogP contribution in [0.15, 0.2) is 88.5 Å². The maximum Gasteiger partial charge on any atom is 0.277 e. The summed E-state index contributed by atoms with van der Waals surface area (Å²) in [6.45, 7) is 2.77. The summed E-state index contributed by atoms with van der Waals surface area (Å²) in [6.07, 6.45) is 0. The molecule has 1 aromatic heterocycles. The molecule has 3 aromatic carbocycles. The third-order valence-electron chi connectivity index (χ3n) is 5.94. The van der Waals surface area contributed by atoms with Crippen LogP contribution in [0.25, 0.3) is 11.5 Å². The first kappa shape index (κ1) is 24.5. The van der Waals surface area contributed by atoms with Crippen molar-refractivity contribution in [3.8, 4) is 11.5 Å². The van der Waals surface area contributed by atoms with Gasteiger partial charge in [0.2, 0.25) is 5.91 Å². The molecule has 1 N–H and O–H groups in total. The summed E-state index contributed by atoms with van der Waals surface area (Å²) in [6, 6.07) is 23.1. The van der Waals surface area contributed by atoms with Gasteiger partial charge in [0.15, 0.2) is 0 Å². The molecule has 188 valence electrons. The van der Waals surface area contributed by atoms with Crippen LogP contribution in [0.5, 0.6) is 0 Å². The van der Waals surface area contributed by atoms with Crippen molar-refractivity contribution in [2.45, 2.75) is 5.22 Å². The largest absolute Gasteiger partial charge is 0.411 e. The Kier molecular flexibility index (Phi) is 7.46. The minimum absolute atomic E-state index is 0.0557. The number of benzene rings is 3. The fourth-order valence-corrected chi connectivity index (χ4v) is 4.59. The smallest absolute Gasteiger partial charge is 0.277 e. The second-order valence-electron chi connectivity index (χ2n) is 8.38. The number of nitrogens with one attached hydrogen (secondary N) is 1. The zero-order valence-electron chi connectivity index (χ0n) is 19.8. The Hall–Kier alpha value is -4.18. The van der Waals surface area contributed by atoms with E-state index in [0.717, 1.165) is 30.5 Å². The van der Waals surface area contributed by atoms with Gasteiger partial charge in [-0.2, -0.15) is 0 Å². The molecule has 0 aliphatic carbocycles. The number of carbonyl (C=O) groups excluding carboxylic acids is 2. The van der Waals surface area contributed by atoms with E-state index in [0.29, 0.717) is 24.3 Å². The maximum absolute atomic E-state index is 13.9. The number of nitrogens with zero attached hydrogens (tertiary/aromatic N) is 4. The highest BCUT2D eigenvalue weighted by Gasteiger charge is 2.22.